The van der Waals surface area contributed by atoms with Gasteiger partial charge < -0.3 is 5.11 Å². The molecule has 1 aromatic rings. The molecule has 1 nitrogen and oxygen atoms in total. The molecular formula is C7H8OPr. The molecule has 0 saturated heterocycles. The summed E-state index contributed by atoms with van der Waals surface area (Å²) in [5.41, 5.74) is 0.965. The van der Waals surface area contributed by atoms with Crippen molar-refractivity contribution in [1.29, 1.82) is 0 Å². The summed E-state index contributed by atoms with van der Waals surface area (Å²) in [5, 5.41) is 8.54. The second kappa shape index (κ2) is 5.34. The molecule has 0 fully saturated rings. The Labute approximate surface area is 88.0 Å². The standard InChI is InChI=1S/C7H8O.Pr/c8-6-7-4-2-1-3-5-7;/h1-5,8H,6H2;. The molecule has 0 aliphatic carbocycles. The molecule has 0 atom stereocenters. The van der Waals surface area contributed by atoms with Crippen molar-refractivity contribution in [2.45, 2.75) is 6.61 Å². The summed E-state index contributed by atoms with van der Waals surface area (Å²) in [5.74, 6) is 0. The Hall–Kier alpha value is 0.544. The van der Waals surface area contributed by atoms with E-state index in [1.165, 1.54) is 0 Å². The summed E-state index contributed by atoms with van der Waals surface area (Å²) in [4.78, 5) is 0. The molecule has 1 rings (SSSR count). The van der Waals surface area contributed by atoms with Gasteiger partial charge >= 0.3 is 0 Å². The first-order valence-electron chi connectivity index (χ1n) is 2.58. The van der Waals surface area contributed by atoms with Crippen molar-refractivity contribution < 1.29 is 46.4 Å². The van der Waals surface area contributed by atoms with Crippen LogP contribution in [-0.2, 0) is 6.61 Å². The van der Waals surface area contributed by atoms with Crippen molar-refractivity contribution in [1.82, 2.24) is 0 Å². The molecular weight excluding hydrogens is 241 g/mol. The van der Waals surface area contributed by atoms with Gasteiger partial charge in [0.25, 0.3) is 0 Å². The van der Waals surface area contributed by atoms with E-state index in [4.69, 9.17) is 5.11 Å². The Morgan fingerprint density at radius 1 is 1.11 bits per heavy atom. The SMILES string of the molecule is OCc1ccccc1.[Pr]. The van der Waals surface area contributed by atoms with Crippen molar-refractivity contribution in [2.75, 3.05) is 0 Å². The molecule has 1 radical (unpaired) electrons. The second-order valence-electron chi connectivity index (χ2n) is 1.64. The van der Waals surface area contributed by atoms with Crippen LogP contribution in [0.1, 0.15) is 5.56 Å². The summed E-state index contributed by atoms with van der Waals surface area (Å²) >= 11 is 0. The Morgan fingerprint density at radius 3 is 2.00 bits per heavy atom. The summed E-state index contributed by atoms with van der Waals surface area (Å²) in [7, 11) is 0. The Balaban J connectivity index is 0.000000640. The van der Waals surface area contributed by atoms with E-state index >= 15 is 0 Å². The van der Waals surface area contributed by atoms with Gasteiger partial charge in [0.1, 0.15) is 0 Å². The van der Waals surface area contributed by atoms with Gasteiger partial charge in [0.05, 0.1) is 6.61 Å². The molecule has 0 bridgehead atoms. The molecule has 0 spiro atoms. The molecule has 0 heterocycles. The van der Waals surface area contributed by atoms with Crippen molar-refractivity contribution in [3.63, 3.8) is 0 Å². The Bertz CT molecular complexity index is 150. The number of hydrogen-bond acceptors (Lipinski definition) is 1. The van der Waals surface area contributed by atoms with E-state index in [1.54, 1.807) is 0 Å². The van der Waals surface area contributed by atoms with Gasteiger partial charge in [-0.05, 0) is 5.56 Å². The van der Waals surface area contributed by atoms with Gasteiger partial charge in [-0.1, -0.05) is 30.3 Å². The van der Waals surface area contributed by atoms with E-state index in [-0.39, 0.29) is 47.9 Å². The zero-order valence-electron chi connectivity index (χ0n) is 5.12. The molecule has 0 aliphatic heterocycles. The van der Waals surface area contributed by atoms with E-state index in [0.717, 1.165) is 5.56 Å². The normalized spacial score (nSPS) is 8.11. The first-order chi connectivity index (χ1) is 3.93. The zero-order valence-corrected chi connectivity index (χ0v) is 8.82. The van der Waals surface area contributed by atoms with Crippen LogP contribution >= 0.6 is 0 Å². The second-order valence-corrected chi connectivity index (χ2v) is 1.64. The van der Waals surface area contributed by atoms with E-state index in [0.29, 0.717) is 0 Å². The summed E-state index contributed by atoms with van der Waals surface area (Å²) in [6.07, 6.45) is 0. The molecule has 0 amide bonds. The minimum Gasteiger partial charge on any atom is -0.392 e. The van der Waals surface area contributed by atoms with Crippen molar-refractivity contribution >= 4 is 0 Å². The third-order valence-corrected chi connectivity index (χ3v) is 1.03. The average molecular weight is 249 g/mol. The quantitative estimate of drug-likeness (QED) is 0.792. The van der Waals surface area contributed by atoms with Gasteiger partial charge in [-0.2, -0.15) is 0 Å². The minimum atomic E-state index is 0. The van der Waals surface area contributed by atoms with Gasteiger partial charge in [-0.3, -0.25) is 0 Å². The molecule has 9 heavy (non-hydrogen) atoms. The maximum atomic E-state index is 8.54. The number of hydrogen-bond donors (Lipinski definition) is 1. The first kappa shape index (κ1) is 9.54. The maximum absolute atomic E-state index is 8.54. The number of aliphatic hydroxyl groups excluding tert-OH is 1. The smallest absolute Gasteiger partial charge is 0.0681 e. The predicted octanol–water partition coefficient (Wildman–Crippen LogP) is 1.18. The van der Waals surface area contributed by atoms with Gasteiger partial charge in [0, 0.05) is 41.3 Å². The topological polar surface area (TPSA) is 20.2 Å². The van der Waals surface area contributed by atoms with Crippen LogP contribution in [0.15, 0.2) is 30.3 Å². The van der Waals surface area contributed by atoms with E-state index in [1.807, 2.05) is 30.3 Å². The monoisotopic (exact) mass is 249 g/mol. The van der Waals surface area contributed by atoms with Crippen LogP contribution in [0.5, 0.6) is 0 Å². The Kier molecular flexibility index (Phi) is 5.66. The third-order valence-electron chi connectivity index (χ3n) is 1.03. The zero-order chi connectivity index (χ0) is 5.82. The number of rotatable bonds is 1. The molecule has 0 saturated carbocycles. The molecule has 0 aromatic heterocycles. The fraction of sp³-hybridized carbons (Fsp3) is 0.143. The molecule has 1 aromatic carbocycles. The van der Waals surface area contributed by atoms with Gasteiger partial charge in [-0.25, -0.2) is 0 Å². The van der Waals surface area contributed by atoms with Crippen molar-refractivity contribution in [3.05, 3.63) is 35.9 Å². The molecule has 0 aliphatic rings. The maximum Gasteiger partial charge on any atom is 0.0681 e. The van der Waals surface area contributed by atoms with Crippen LogP contribution in [-0.4, -0.2) is 5.11 Å². The minimum absolute atomic E-state index is 0. The fourth-order valence-electron chi connectivity index (χ4n) is 0.583. The van der Waals surface area contributed by atoms with E-state index in [2.05, 4.69) is 0 Å². The van der Waals surface area contributed by atoms with Crippen molar-refractivity contribution in [2.24, 2.45) is 0 Å². The van der Waals surface area contributed by atoms with Gasteiger partial charge in [0.2, 0.25) is 0 Å². The fourth-order valence-corrected chi connectivity index (χ4v) is 0.583. The van der Waals surface area contributed by atoms with Gasteiger partial charge in [0.15, 0.2) is 0 Å². The van der Waals surface area contributed by atoms with Crippen LogP contribution in [0, 0.1) is 41.3 Å². The van der Waals surface area contributed by atoms with Crippen LogP contribution in [0.25, 0.3) is 0 Å². The van der Waals surface area contributed by atoms with Crippen LogP contribution in [0.2, 0.25) is 0 Å². The number of aliphatic hydroxyl groups is 1. The van der Waals surface area contributed by atoms with Crippen molar-refractivity contribution in [3.8, 4) is 0 Å². The molecule has 0 unspecified atom stereocenters. The number of benzene rings is 1. The predicted molar refractivity (Wildman–Crippen MR) is 32.4 cm³/mol. The summed E-state index contributed by atoms with van der Waals surface area (Å²) in [6.45, 7) is 0.140. The van der Waals surface area contributed by atoms with Crippen LogP contribution in [0.3, 0.4) is 0 Å². The molecule has 2 heteroatoms. The molecule has 45 valence electrons. The third kappa shape index (κ3) is 3.29. The first-order valence-corrected chi connectivity index (χ1v) is 2.58. The average Bonchev–Trinajstić information content (AvgIpc) is 1.90. The van der Waals surface area contributed by atoms with E-state index in [9.17, 15) is 0 Å². The van der Waals surface area contributed by atoms with E-state index < -0.39 is 0 Å². The van der Waals surface area contributed by atoms with Gasteiger partial charge in [-0.15, -0.1) is 0 Å². The largest absolute Gasteiger partial charge is 0.392 e. The summed E-state index contributed by atoms with van der Waals surface area (Å²) < 4.78 is 0. The Morgan fingerprint density at radius 2 is 1.67 bits per heavy atom. The summed E-state index contributed by atoms with van der Waals surface area (Å²) in [6, 6.07) is 9.52. The van der Waals surface area contributed by atoms with Crippen LogP contribution < -0.4 is 0 Å². The molecule has 1 N–H and O–H groups in total. The van der Waals surface area contributed by atoms with Crippen LogP contribution in [0.4, 0.5) is 0 Å².